The summed E-state index contributed by atoms with van der Waals surface area (Å²) >= 11 is 0. The molecule has 2 heteroatoms. The molecule has 1 unspecified atom stereocenters. The first-order chi connectivity index (χ1) is 3.92. The number of nitrogens with two attached hydrogens (primary N) is 1. The molecular formula is C7H16FN. The molecule has 0 aliphatic rings. The van der Waals surface area contributed by atoms with Crippen molar-refractivity contribution in [2.24, 2.45) is 5.73 Å². The third kappa shape index (κ3) is 7.89. The van der Waals surface area contributed by atoms with Crippen LogP contribution in [-0.2, 0) is 0 Å². The Morgan fingerprint density at radius 2 is 2.00 bits per heavy atom. The van der Waals surface area contributed by atoms with Gasteiger partial charge in [-0.2, -0.15) is 0 Å². The lowest BCUT2D eigenvalue weighted by molar-refractivity contribution is 0.194. The Hall–Kier alpha value is -0.110. The standard InChI is InChI=1S/C7H16FN/c1-6(9)4-5-7(2,3)8/h6H,4-5,9H2,1-3H3. The van der Waals surface area contributed by atoms with Crippen LogP contribution < -0.4 is 5.73 Å². The van der Waals surface area contributed by atoms with E-state index in [2.05, 4.69) is 0 Å². The number of rotatable bonds is 3. The molecule has 0 aliphatic carbocycles. The van der Waals surface area contributed by atoms with Crippen LogP contribution in [0, 0.1) is 0 Å². The van der Waals surface area contributed by atoms with Gasteiger partial charge in [0.15, 0.2) is 0 Å². The Morgan fingerprint density at radius 1 is 1.56 bits per heavy atom. The van der Waals surface area contributed by atoms with E-state index in [0.717, 1.165) is 6.42 Å². The average molecular weight is 133 g/mol. The second-order valence-corrected chi connectivity index (χ2v) is 3.23. The van der Waals surface area contributed by atoms with Gasteiger partial charge in [0.1, 0.15) is 5.67 Å². The topological polar surface area (TPSA) is 26.0 Å². The highest BCUT2D eigenvalue weighted by Crippen LogP contribution is 2.16. The third-order valence-corrected chi connectivity index (χ3v) is 1.19. The summed E-state index contributed by atoms with van der Waals surface area (Å²) < 4.78 is 12.7. The molecule has 0 saturated heterocycles. The highest BCUT2D eigenvalue weighted by molar-refractivity contribution is 4.68. The quantitative estimate of drug-likeness (QED) is 0.624. The van der Waals surface area contributed by atoms with E-state index in [0.29, 0.717) is 6.42 Å². The molecule has 0 fully saturated rings. The fourth-order valence-corrected chi connectivity index (χ4v) is 0.571. The van der Waals surface area contributed by atoms with Crippen molar-refractivity contribution < 1.29 is 4.39 Å². The van der Waals surface area contributed by atoms with Crippen molar-refractivity contribution in [3.05, 3.63) is 0 Å². The molecule has 0 amide bonds. The van der Waals surface area contributed by atoms with Gasteiger partial charge >= 0.3 is 0 Å². The van der Waals surface area contributed by atoms with Crippen LogP contribution in [0.1, 0.15) is 33.6 Å². The van der Waals surface area contributed by atoms with E-state index in [-0.39, 0.29) is 6.04 Å². The minimum absolute atomic E-state index is 0.125. The second kappa shape index (κ2) is 3.16. The summed E-state index contributed by atoms with van der Waals surface area (Å²) in [4.78, 5) is 0. The van der Waals surface area contributed by atoms with Crippen molar-refractivity contribution in [1.82, 2.24) is 0 Å². The van der Waals surface area contributed by atoms with Crippen molar-refractivity contribution in [1.29, 1.82) is 0 Å². The van der Waals surface area contributed by atoms with E-state index in [4.69, 9.17) is 5.73 Å². The van der Waals surface area contributed by atoms with Crippen LogP contribution in [0.3, 0.4) is 0 Å². The van der Waals surface area contributed by atoms with Crippen molar-refractivity contribution in [2.45, 2.75) is 45.3 Å². The van der Waals surface area contributed by atoms with Gasteiger partial charge in [-0.15, -0.1) is 0 Å². The summed E-state index contributed by atoms with van der Waals surface area (Å²) in [5.41, 5.74) is 4.38. The molecule has 0 bridgehead atoms. The molecule has 0 rings (SSSR count). The average Bonchev–Trinajstić information content (AvgIpc) is 1.59. The lowest BCUT2D eigenvalue weighted by Crippen LogP contribution is -2.20. The van der Waals surface area contributed by atoms with Crippen LogP contribution in [0.2, 0.25) is 0 Å². The molecule has 0 spiro atoms. The monoisotopic (exact) mass is 133 g/mol. The number of alkyl halides is 1. The van der Waals surface area contributed by atoms with Crippen LogP contribution in [-0.4, -0.2) is 11.7 Å². The van der Waals surface area contributed by atoms with Gasteiger partial charge in [-0.1, -0.05) is 0 Å². The Kier molecular flexibility index (Phi) is 3.12. The Labute approximate surface area is 56.4 Å². The summed E-state index contributed by atoms with van der Waals surface area (Å²) in [6, 6.07) is 0.125. The first-order valence-corrected chi connectivity index (χ1v) is 3.36. The number of halogens is 1. The van der Waals surface area contributed by atoms with Gasteiger partial charge in [0.05, 0.1) is 0 Å². The summed E-state index contributed by atoms with van der Waals surface area (Å²) in [6.45, 7) is 5.05. The van der Waals surface area contributed by atoms with E-state index >= 15 is 0 Å². The lowest BCUT2D eigenvalue weighted by Gasteiger charge is -2.14. The van der Waals surface area contributed by atoms with Crippen LogP contribution in [0.4, 0.5) is 4.39 Å². The van der Waals surface area contributed by atoms with Gasteiger partial charge in [0.2, 0.25) is 0 Å². The zero-order valence-corrected chi connectivity index (χ0v) is 6.45. The molecule has 0 aromatic carbocycles. The molecule has 0 saturated carbocycles. The van der Waals surface area contributed by atoms with Gasteiger partial charge < -0.3 is 5.73 Å². The predicted molar refractivity (Wildman–Crippen MR) is 38.1 cm³/mol. The minimum Gasteiger partial charge on any atom is -0.328 e. The first kappa shape index (κ1) is 8.89. The molecular weight excluding hydrogens is 117 g/mol. The van der Waals surface area contributed by atoms with Crippen LogP contribution in [0.5, 0.6) is 0 Å². The fraction of sp³-hybridized carbons (Fsp3) is 1.00. The van der Waals surface area contributed by atoms with E-state index in [1.54, 1.807) is 13.8 Å². The maximum absolute atomic E-state index is 12.7. The highest BCUT2D eigenvalue weighted by Gasteiger charge is 2.14. The SMILES string of the molecule is CC(N)CCC(C)(C)F. The van der Waals surface area contributed by atoms with Gasteiger partial charge in [-0.05, 0) is 33.6 Å². The van der Waals surface area contributed by atoms with Gasteiger partial charge in [-0.25, -0.2) is 4.39 Å². The Balaban J connectivity index is 3.28. The smallest absolute Gasteiger partial charge is 0.105 e. The van der Waals surface area contributed by atoms with E-state index in [1.165, 1.54) is 0 Å². The molecule has 0 heterocycles. The zero-order chi connectivity index (χ0) is 7.49. The van der Waals surface area contributed by atoms with Gasteiger partial charge in [0, 0.05) is 6.04 Å². The molecule has 2 N–H and O–H groups in total. The molecule has 0 aromatic rings. The van der Waals surface area contributed by atoms with Crippen molar-refractivity contribution in [2.75, 3.05) is 0 Å². The van der Waals surface area contributed by atoms with E-state index in [1.807, 2.05) is 6.92 Å². The fourth-order valence-electron chi connectivity index (χ4n) is 0.571. The summed E-state index contributed by atoms with van der Waals surface area (Å²) in [6.07, 6.45) is 1.33. The van der Waals surface area contributed by atoms with Crippen LogP contribution in [0.15, 0.2) is 0 Å². The Morgan fingerprint density at radius 3 is 2.11 bits per heavy atom. The molecule has 0 aromatic heterocycles. The molecule has 0 aliphatic heterocycles. The molecule has 1 atom stereocenters. The van der Waals surface area contributed by atoms with E-state index < -0.39 is 5.67 Å². The van der Waals surface area contributed by atoms with E-state index in [9.17, 15) is 4.39 Å². The highest BCUT2D eigenvalue weighted by atomic mass is 19.1. The van der Waals surface area contributed by atoms with Crippen molar-refractivity contribution in [3.8, 4) is 0 Å². The van der Waals surface area contributed by atoms with Crippen LogP contribution >= 0.6 is 0 Å². The predicted octanol–water partition coefficient (Wildman–Crippen LogP) is 1.86. The molecule has 56 valence electrons. The summed E-state index contributed by atoms with van der Waals surface area (Å²) in [7, 11) is 0. The first-order valence-electron chi connectivity index (χ1n) is 3.36. The zero-order valence-electron chi connectivity index (χ0n) is 6.45. The third-order valence-electron chi connectivity index (χ3n) is 1.19. The normalized spacial score (nSPS) is 15.7. The largest absolute Gasteiger partial charge is 0.328 e. The lowest BCUT2D eigenvalue weighted by atomic mass is 10.0. The van der Waals surface area contributed by atoms with Gasteiger partial charge in [-0.3, -0.25) is 0 Å². The number of hydrogen-bond donors (Lipinski definition) is 1. The number of hydrogen-bond acceptors (Lipinski definition) is 1. The van der Waals surface area contributed by atoms with Crippen molar-refractivity contribution in [3.63, 3.8) is 0 Å². The minimum atomic E-state index is -1.05. The molecule has 0 radical (unpaired) electrons. The second-order valence-electron chi connectivity index (χ2n) is 3.23. The maximum atomic E-state index is 12.7. The summed E-state index contributed by atoms with van der Waals surface area (Å²) in [5.74, 6) is 0. The molecule has 9 heavy (non-hydrogen) atoms. The van der Waals surface area contributed by atoms with Crippen LogP contribution in [0.25, 0.3) is 0 Å². The van der Waals surface area contributed by atoms with Crippen molar-refractivity contribution >= 4 is 0 Å². The van der Waals surface area contributed by atoms with Gasteiger partial charge in [0.25, 0.3) is 0 Å². The Bertz CT molecular complexity index is 73.5. The summed E-state index contributed by atoms with van der Waals surface area (Å²) in [5, 5.41) is 0. The molecule has 1 nitrogen and oxygen atoms in total. The maximum Gasteiger partial charge on any atom is 0.105 e.